The van der Waals surface area contributed by atoms with Crippen LogP contribution in [0.1, 0.15) is 39.5 Å². The number of ether oxygens (including phenoxy) is 1. The van der Waals surface area contributed by atoms with Crippen molar-refractivity contribution < 1.29 is 24.2 Å². The van der Waals surface area contributed by atoms with Gasteiger partial charge in [-0.1, -0.05) is 32.0 Å². The third-order valence-electron chi connectivity index (χ3n) is 4.87. The molecule has 0 radical (unpaired) electrons. The molecule has 28 heavy (non-hydrogen) atoms. The van der Waals surface area contributed by atoms with Gasteiger partial charge in [0, 0.05) is 19.0 Å². The molecule has 2 amide bonds. The highest BCUT2D eigenvalue weighted by Crippen LogP contribution is 2.19. The van der Waals surface area contributed by atoms with E-state index in [2.05, 4.69) is 5.32 Å². The Labute approximate surface area is 166 Å². The van der Waals surface area contributed by atoms with Crippen molar-refractivity contribution in [1.82, 2.24) is 10.2 Å². The van der Waals surface area contributed by atoms with E-state index >= 15 is 0 Å². The summed E-state index contributed by atoms with van der Waals surface area (Å²) in [6.45, 7) is 5.18. The minimum absolute atomic E-state index is 0.0120. The molecule has 1 aliphatic heterocycles. The normalized spacial score (nSPS) is 15.9. The average molecular weight is 390 g/mol. The van der Waals surface area contributed by atoms with Gasteiger partial charge in [0.15, 0.2) is 0 Å². The Morgan fingerprint density at radius 3 is 2.39 bits per heavy atom. The van der Waals surface area contributed by atoms with Crippen LogP contribution in [0.2, 0.25) is 0 Å². The van der Waals surface area contributed by atoms with Crippen molar-refractivity contribution in [3.05, 3.63) is 30.3 Å². The summed E-state index contributed by atoms with van der Waals surface area (Å²) in [4.78, 5) is 37.8. The molecule has 7 nitrogen and oxygen atoms in total. The smallest absolute Gasteiger partial charge is 0.326 e. The molecule has 0 spiro atoms. The Morgan fingerprint density at radius 1 is 1.18 bits per heavy atom. The lowest BCUT2D eigenvalue weighted by Crippen LogP contribution is -2.48. The van der Waals surface area contributed by atoms with E-state index in [4.69, 9.17) is 4.74 Å². The first-order chi connectivity index (χ1) is 13.4. The summed E-state index contributed by atoms with van der Waals surface area (Å²) in [6, 6.07) is 8.49. The van der Waals surface area contributed by atoms with Crippen molar-refractivity contribution in [2.24, 2.45) is 11.8 Å². The van der Waals surface area contributed by atoms with Crippen LogP contribution in [0.4, 0.5) is 0 Å². The summed E-state index contributed by atoms with van der Waals surface area (Å²) < 4.78 is 5.56. The molecule has 1 heterocycles. The minimum Gasteiger partial charge on any atom is -0.493 e. The molecule has 2 rings (SSSR count). The van der Waals surface area contributed by atoms with Gasteiger partial charge in [-0.2, -0.15) is 0 Å². The van der Waals surface area contributed by atoms with Crippen LogP contribution < -0.4 is 10.1 Å². The van der Waals surface area contributed by atoms with Crippen molar-refractivity contribution in [2.75, 3.05) is 19.7 Å². The fraction of sp³-hybridized carbons (Fsp3) is 0.571. The molecule has 0 saturated carbocycles. The molecule has 154 valence electrons. The Kier molecular flexibility index (Phi) is 8.29. The summed E-state index contributed by atoms with van der Waals surface area (Å²) >= 11 is 0. The molecule has 7 heteroatoms. The molecule has 0 aliphatic carbocycles. The third kappa shape index (κ3) is 6.87. The lowest BCUT2D eigenvalue weighted by Gasteiger charge is -2.32. The zero-order chi connectivity index (χ0) is 20.5. The number of piperidine rings is 1. The number of hydrogen-bond donors (Lipinski definition) is 2. The van der Waals surface area contributed by atoms with Crippen LogP contribution in [-0.2, 0) is 14.4 Å². The lowest BCUT2D eigenvalue weighted by atomic mass is 9.94. The predicted octanol–water partition coefficient (Wildman–Crippen LogP) is 2.31. The molecule has 1 atom stereocenters. The number of nitrogens with one attached hydrogen (secondary N) is 1. The van der Waals surface area contributed by atoms with E-state index in [1.54, 1.807) is 4.90 Å². The molecule has 1 aromatic rings. The average Bonchev–Trinajstić information content (AvgIpc) is 2.68. The first-order valence-electron chi connectivity index (χ1n) is 9.85. The number of benzene rings is 1. The van der Waals surface area contributed by atoms with Gasteiger partial charge in [0.25, 0.3) is 0 Å². The number of carboxylic acid groups (broad SMARTS) is 1. The highest BCUT2D eigenvalue weighted by atomic mass is 16.5. The van der Waals surface area contributed by atoms with Gasteiger partial charge >= 0.3 is 5.97 Å². The zero-order valence-corrected chi connectivity index (χ0v) is 16.6. The highest BCUT2D eigenvalue weighted by molar-refractivity contribution is 5.85. The van der Waals surface area contributed by atoms with Crippen molar-refractivity contribution in [3.63, 3.8) is 0 Å². The molecule has 1 saturated heterocycles. The van der Waals surface area contributed by atoms with Crippen molar-refractivity contribution >= 4 is 17.8 Å². The Morgan fingerprint density at radius 2 is 1.82 bits per heavy atom. The number of rotatable bonds is 9. The van der Waals surface area contributed by atoms with Gasteiger partial charge in [-0.15, -0.1) is 0 Å². The van der Waals surface area contributed by atoms with Gasteiger partial charge in [-0.3, -0.25) is 9.59 Å². The van der Waals surface area contributed by atoms with Crippen LogP contribution >= 0.6 is 0 Å². The van der Waals surface area contributed by atoms with Crippen LogP contribution in [-0.4, -0.2) is 53.5 Å². The van der Waals surface area contributed by atoms with Gasteiger partial charge in [-0.05, 0) is 37.3 Å². The van der Waals surface area contributed by atoms with Crippen molar-refractivity contribution in [1.29, 1.82) is 0 Å². The first kappa shape index (κ1) is 21.7. The summed E-state index contributed by atoms with van der Waals surface area (Å²) in [5, 5.41) is 11.9. The predicted molar refractivity (Wildman–Crippen MR) is 105 cm³/mol. The van der Waals surface area contributed by atoms with E-state index in [9.17, 15) is 19.5 Å². The van der Waals surface area contributed by atoms with E-state index in [1.807, 2.05) is 44.2 Å². The van der Waals surface area contributed by atoms with Gasteiger partial charge in [-0.25, -0.2) is 4.79 Å². The van der Waals surface area contributed by atoms with Crippen LogP contribution in [0.25, 0.3) is 0 Å². The largest absolute Gasteiger partial charge is 0.493 e. The maximum atomic E-state index is 12.4. The second kappa shape index (κ2) is 10.7. The number of hydrogen-bond acceptors (Lipinski definition) is 4. The van der Waals surface area contributed by atoms with E-state index in [0.29, 0.717) is 45.4 Å². The van der Waals surface area contributed by atoms with Crippen LogP contribution in [0.15, 0.2) is 30.3 Å². The number of aliphatic carboxylic acids is 1. The van der Waals surface area contributed by atoms with Gasteiger partial charge in [0.1, 0.15) is 11.8 Å². The number of carbonyl (C=O) groups is 3. The van der Waals surface area contributed by atoms with Crippen LogP contribution in [0.5, 0.6) is 5.75 Å². The molecule has 1 fully saturated rings. The molecular weight excluding hydrogens is 360 g/mol. The van der Waals surface area contributed by atoms with E-state index in [1.165, 1.54) is 0 Å². The first-order valence-corrected chi connectivity index (χ1v) is 9.85. The van der Waals surface area contributed by atoms with Crippen molar-refractivity contribution in [2.45, 2.75) is 45.6 Å². The summed E-state index contributed by atoms with van der Waals surface area (Å²) in [5.41, 5.74) is 0. The maximum absolute atomic E-state index is 12.4. The van der Waals surface area contributed by atoms with E-state index in [0.717, 1.165) is 5.75 Å². The second-order valence-electron chi connectivity index (χ2n) is 7.60. The SMILES string of the molecule is CC(C)C[C@H](NC(=O)C1CCN(C(=O)CCOc2ccccc2)CC1)C(=O)O. The fourth-order valence-corrected chi connectivity index (χ4v) is 3.30. The lowest BCUT2D eigenvalue weighted by molar-refractivity contribution is -0.143. The Balaban J connectivity index is 1.72. The monoisotopic (exact) mass is 390 g/mol. The van der Waals surface area contributed by atoms with Crippen LogP contribution in [0.3, 0.4) is 0 Å². The highest BCUT2D eigenvalue weighted by Gasteiger charge is 2.30. The summed E-state index contributed by atoms with van der Waals surface area (Å²) in [5.74, 6) is -0.559. The van der Waals surface area contributed by atoms with E-state index in [-0.39, 0.29) is 23.7 Å². The molecule has 0 bridgehead atoms. The zero-order valence-electron chi connectivity index (χ0n) is 16.6. The van der Waals surface area contributed by atoms with Gasteiger partial charge in [0.2, 0.25) is 11.8 Å². The van der Waals surface area contributed by atoms with Gasteiger partial charge < -0.3 is 20.1 Å². The van der Waals surface area contributed by atoms with Crippen LogP contribution in [0, 0.1) is 11.8 Å². The standard InChI is InChI=1S/C21H30N2O5/c1-15(2)14-18(21(26)27)22-20(25)16-8-11-23(12-9-16)19(24)10-13-28-17-6-4-3-5-7-17/h3-7,15-16,18H,8-14H2,1-2H3,(H,22,25)(H,26,27)/t18-/m0/s1. The fourth-order valence-electron chi connectivity index (χ4n) is 3.30. The second-order valence-corrected chi connectivity index (χ2v) is 7.60. The Hall–Kier alpha value is -2.57. The number of likely N-dealkylation sites (tertiary alicyclic amines) is 1. The number of para-hydroxylation sites is 1. The third-order valence-corrected chi connectivity index (χ3v) is 4.87. The molecule has 0 aromatic heterocycles. The number of carbonyl (C=O) groups excluding carboxylic acids is 2. The maximum Gasteiger partial charge on any atom is 0.326 e. The van der Waals surface area contributed by atoms with E-state index < -0.39 is 12.0 Å². The summed E-state index contributed by atoms with van der Waals surface area (Å²) in [6.07, 6.45) is 1.79. The number of amides is 2. The quantitative estimate of drug-likeness (QED) is 0.675. The number of carboxylic acids is 1. The molecule has 2 N–H and O–H groups in total. The van der Waals surface area contributed by atoms with Gasteiger partial charge in [0.05, 0.1) is 13.0 Å². The molecule has 1 aliphatic rings. The summed E-state index contributed by atoms with van der Waals surface area (Å²) in [7, 11) is 0. The Bertz CT molecular complexity index is 654. The molecule has 1 aromatic carbocycles. The molecule has 0 unspecified atom stereocenters. The van der Waals surface area contributed by atoms with Crippen molar-refractivity contribution in [3.8, 4) is 5.75 Å². The number of nitrogens with zero attached hydrogens (tertiary/aromatic N) is 1. The topological polar surface area (TPSA) is 95.9 Å². The molecular formula is C21H30N2O5. The minimum atomic E-state index is -1.01.